The minimum Gasteiger partial charge on any atom is -0.300 e. The molecule has 0 saturated heterocycles. The summed E-state index contributed by atoms with van der Waals surface area (Å²) in [5.41, 5.74) is 0. The first kappa shape index (κ1) is 13.2. The molecule has 78 valence electrons. The van der Waals surface area contributed by atoms with Crippen molar-refractivity contribution < 1.29 is 4.79 Å². The Labute approximate surface area is 90.4 Å². The van der Waals surface area contributed by atoms with E-state index in [9.17, 15) is 4.79 Å². The van der Waals surface area contributed by atoms with Crippen molar-refractivity contribution in [1.82, 2.24) is 0 Å². The van der Waals surface area contributed by atoms with Crippen LogP contribution < -0.4 is 0 Å². The predicted molar refractivity (Wildman–Crippen MR) is 61.3 cm³/mol. The molecule has 0 spiro atoms. The molecule has 0 N–H and O–H groups in total. The van der Waals surface area contributed by atoms with Crippen molar-refractivity contribution in [2.75, 3.05) is 5.33 Å². The van der Waals surface area contributed by atoms with Crippen molar-refractivity contribution in [3.05, 3.63) is 0 Å². The van der Waals surface area contributed by atoms with Gasteiger partial charge in [-0.1, -0.05) is 42.6 Å². The summed E-state index contributed by atoms with van der Waals surface area (Å²) in [4.78, 5) is 11.3. The minimum absolute atomic E-state index is 0.433. The monoisotopic (exact) mass is 248 g/mol. The molecular formula is C11H21BrO. The summed E-state index contributed by atoms with van der Waals surface area (Å²) < 4.78 is 0. The maximum atomic E-state index is 11.3. The van der Waals surface area contributed by atoms with Gasteiger partial charge in [-0.3, -0.25) is 4.79 Å². The molecule has 0 fully saturated rings. The third-order valence-electron chi connectivity index (χ3n) is 2.29. The van der Waals surface area contributed by atoms with Gasteiger partial charge in [0.05, 0.1) is 0 Å². The number of hydrogen-bond donors (Lipinski definition) is 0. The lowest BCUT2D eigenvalue weighted by Crippen LogP contribution is -2.02. The van der Waals surface area contributed by atoms with Crippen molar-refractivity contribution in [3.8, 4) is 0 Å². The van der Waals surface area contributed by atoms with E-state index in [0.717, 1.165) is 36.9 Å². The minimum atomic E-state index is 0.433. The van der Waals surface area contributed by atoms with Crippen molar-refractivity contribution in [2.45, 2.75) is 52.4 Å². The van der Waals surface area contributed by atoms with Gasteiger partial charge in [-0.2, -0.15) is 0 Å². The fourth-order valence-electron chi connectivity index (χ4n) is 1.43. The van der Waals surface area contributed by atoms with Crippen LogP contribution in [0.3, 0.4) is 0 Å². The van der Waals surface area contributed by atoms with Crippen LogP contribution in [0.4, 0.5) is 0 Å². The molecule has 0 rings (SSSR count). The van der Waals surface area contributed by atoms with Crippen LogP contribution in [0, 0.1) is 5.92 Å². The quantitative estimate of drug-likeness (QED) is 0.595. The highest BCUT2D eigenvalue weighted by molar-refractivity contribution is 9.09. The smallest absolute Gasteiger partial charge is 0.132 e. The molecule has 0 amide bonds. The van der Waals surface area contributed by atoms with Crippen LogP contribution in [0.15, 0.2) is 0 Å². The van der Waals surface area contributed by atoms with Gasteiger partial charge in [-0.05, 0) is 18.8 Å². The maximum absolute atomic E-state index is 11.3. The number of carbonyl (C=O) groups is 1. The zero-order chi connectivity index (χ0) is 10.1. The average molecular weight is 249 g/mol. The molecule has 0 aliphatic carbocycles. The van der Waals surface area contributed by atoms with Crippen LogP contribution in [0.25, 0.3) is 0 Å². The van der Waals surface area contributed by atoms with Crippen LogP contribution in [-0.4, -0.2) is 11.1 Å². The molecule has 1 atom stereocenters. The molecule has 13 heavy (non-hydrogen) atoms. The zero-order valence-corrected chi connectivity index (χ0v) is 10.4. The SMILES string of the molecule is CCCC(C)CCC(=O)CCCBr. The highest BCUT2D eigenvalue weighted by Gasteiger charge is 2.05. The van der Waals surface area contributed by atoms with Crippen molar-refractivity contribution in [3.63, 3.8) is 0 Å². The Bertz CT molecular complexity index is 134. The molecule has 0 aromatic heterocycles. The first-order valence-electron chi connectivity index (χ1n) is 5.28. The van der Waals surface area contributed by atoms with Crippen LogP contribution in [0.5, 0.6) is 0 Å². The first-order valence-corrected chi connectivity index (χ1v) is 6.40. The predicted octanol–water partition coefficient (Wildman–Crippen LogP) is 3.95. The molecule has 0 saturated carbocycles. The van der Waals surface area contributed by atoms with E-state index < -0.39 is 0 Å². The van der Waals surface area contributed by atoms with Gasteiger partial charge >= 0.3 is 0 Å². The zero-order valence-electron chi connectivity index (χ0n) is 8.81. The molecule has 0 aliphatic heterocycles. The lowest BCUT2D eigenvalue weighted by molar-refractivity contribution is -0.119. The maximum Gasteiger partial charge on any atom is 0.132 e. The third kappa shape index (κ3) is 8.48. The summed E-state index contributed by atoms with van der Waals surface area (Å²) in [6, 6.07) is 0. The molecule has 1 nitrogen and oxygen atoms in total. The van der Waals surface area contributed by atoms with Gasteiger partial charge < -0.3 is 0 Å². The summed E-state index contributed by atoms with van der Waals surface area (Å²) in [7, 11) is 0. The fourth-order valence-corrected chi connectivity index (χ4v) is 1.71. The van der Waals surface area contributed by atoms with Crippen LogP contribution in [-0.2, 0) is 4.79 Å². The number of carbonyl (C=O) groups excluding carboxylic acids is 1. The Balaban J connectivity index is 3.34. The van der Waals surface area contributed by atoms with E-state index in [1.54, 1.807) is 0 Å². The standard InChI is InChI=1S/C11H21BrO/c1-3-5-10(2)7-8-11(13)6-4-9-12/h10H,3-9H2,1-2H3. The van der Waals surface area contributed by atoms with Gasteiger partial charge in [-0.25, -0.2) is 0 Å². The molecule has 1 unspecified atom stereocenters. The molecule has 0 aromatic carbocycles. The van der Waals surface area contributed by atoms with E-state index in [0.29, 0.717) is 5.78 Å². The van der Waals surface area contributed by atoms with E-state index >= 15 is 0 Å². The highest BCUT2D eigenvalue weighted by atomic mass is 79.9. The summed E-state index contributed by atoms with van der Waals surface area (Å²) in [6.45, 7) is 4.43. The second kappa shape index (κ2) is 8.74. The lowest BCUT2D eigenvalue weighted by Gasteiger charge is -2.08. The Morgan fingerprint density at radius 2 is 2.00 bits per heavy atom. The van der Waals surface area contributed by atoms with Crippen LogP contribution in [0.1, 0.15) is 52.4 Å². The average Bonchev–Trinajstić information content (AvgIpc) is 2.12. The summed E-state index contributed by atoms with van der Waals surface area (Å²) >= 11 is 3.33. The number of halogens is 1. The van der Waals surface area contributed by atoms with E-state index in [-0.39, 0.29) is 0 Å². The highest BCUT2D eigenvalue weighted by Crippen LogP contribution is 2.13. The normalized spacial score (nSPS) is 12.8. The van der Waals surface area contributed by atoms with Crippen LogP contribution >= 0.6 is 15.9 Å². The van der Waals surface area contributed by atoms with Gasteiger partial charge in [0.1, 0.15) is 5.78 Å². The lowest BCUT2D eigenvalue weighted by atomic mass is 9.98. The summed E-state index contributed by atoms with van der Waals surface area (Å²) in [6.07, 6.45) is 6.09. The molecule has 2 heteroatoms. The fraction of sp³-hybridized carbons (Fsp3) is 0.909. The largest absolute Gasteiger partial charge is 0.300 e. The molecule has 0 bridgehead atoms. The number of ketones is 1. The molecular weight excluding hydrogens is 228 g/mol. The van der Waals surface area contributed by atoms with Crippen molar-refractivity contribution >= 4 is 21.7 Å². The van der Waals surface area contributed by atoms with Gasteiger partial charge in [-0.15, -0.1) is 0 Å². The number of hydrogen-bond acceptors (Lipinski definition) is 1. The Morgan fingerprint density at radius 1 is 1.31 bits per heavy atom. The Hall–Kier alpha value is 0.150. The third-order valence-corrected chi connectivity index (χ3v) is 2.85. The van der Waals surface area contributed by atoms with Gasteiger partial charge in [0.2, 0.25) is 0 Å². The second-order valence-corrected chi connectivity index (χ2v) is 4.56. The molecule has 0 radical (unpaired) electrons. The van der Waals surface area contributed by atoms with E-state index in [1.807, 2.05) is 0 Å². The van der Waals surface area contributed by atoms with Crippen LogP contribution in [0.2, 0.25) is 0 Å². The van der Waals surface area contributed by atoms with Gasteiger partial charge in [0, 0.05) is 18.2 Å². The van der Waals surface area contributed by atoms with E-state index in [2.05, 4.69) is 29.8 Å². The summed E-state index contributed by atoms with van der Waals surface area (Å²) in [5, 5.41) is 0.948. The first-order chi connectivity index (χ1) is 6.20. The van der Waals surface area contributed by atoms with E-state index in [1.165, 1.54) is 12.8 Å². The topological polar surface area (TPSA) is 17.1 Å². The molecule has 0 aliphatic rings. The van der Waals surface area contributed by atoms with Crippen molar-refractivity contribution in [1.29, 1.82) is 0 Å². The van der Waals surface area contributed by atoms with Crippen molar-refractivity contribution in [2.24, 2.45) is 5.92 Å². The van der Waals surface area contributed by atoms with Gasteiger partial charge in [0.15, 0.2) is 0 Å². The Morgan fingerprint density at radius 3 is 2.54 bits per heavy atom. The van der Waals surface area contributed by atoms with Gasteiger partial charge in [0.25, 0.3) is 0 Å². The number of rotatable bonds is 8. The van der Waals surface area contributed by atoms with E-state index in [4.69, 9.17) is 0 Å². The second-order valence-electron chi connectivity index (χ2n) is 3.76. The Kier molecular flexibility index (Phi) is 8.84. The number of Topliss-reactive ketones (excluding diaryl/α,β-unsaturated/α-hetero) is 1. The molecule has 0 heterocycles. The molecule has 0 aromatic rings. The summed E-state index contributed by atoms with van der Waals surface area (Å²) in [5.74, 6) is 1.15. The number of alkyl halides is 1.